The van der Waals surface area contributed by atoms with Crippen LogP contribution in [0, 0.1) is 0 Å². The standard InChI is InChI=1S/C11H13N3O2/c15-11-7-9-1-2-10(8-14(9)12-11)13-3-5-16-6-4-13/h1-2,7-8H,3-6H2,(H,12,15). The fraction of sp³-hybridized carbons (Fsp3) is 0.364. The van der Waals surface area contributed by atoms with E-state index in [1.165, 1.54) is 0 Å². The summed E-state index contributed by atoms with van der Waals surface area (Å²) in [5.41, 5.74) is 2.01. The van der Waals surface area contributed by atoms with Crippen molar-refractivity contribution in [3.8, 4) is 5.88 Å². The lowest BCUT2D eigenvalue weighted by Crippen LogP contribution is -2.36. The second-order valence-electron chi connectivity index (χ2n) is 3.86. The Morgan fingerprint density at radius 3 is 2.88 bits per heavy atom. The molecule has 16 heavy (non-hydrogen) atoms. The largest absolute Gasteiger partial charge is 0.492 e. The lowest BCUT2D eigenvalue weighted by Gasteiger charge is -2.28. The summed E-state index contributed by atoms with van der Waals surface area (Å²) < 4.78 is 7.00. The quantitative estimate of drug-likeness (QED) is 0.773. The first-order valence-corrected chi connectivity index (χ1v) is 5.34. The van der Waals surface area contributed by atoms with Crippen LogP contribution in [0.15, 0.2) is 24.4 Å². The zero-order valence-corrected chi connectivity index (χ0v) is 8.83. The summed E-state index contributed by atoms with van der Waals surface area (Å²) in [5, 5.41) is 13.3. The van der Waals surface area contributed by atoms with E-state index in [9.17, 15) is 5.11 Å². The molecule has 1 fully saturated rings. The van der Waals surface area contributed by atoms with Gasteiger partial charge < -0.3 is 14.7 Å². The number of pyridine rings is 1. The molecule has 5 nitrogen and oxygen atoms in total. The van der Waals surface area contributed by atoms with Gasteiger partial charge in [0.2, 0.25) is 5.88 Å². The van der Waals surface area contributed by atoms with Crippen LogP contribution in [-0.4, -0.2) is 41.0 Å². The van der Waals surface area contributed by atoms with Gasteiger partial charge in [0.15, 0.2) is 0 Å². The zero-order valence-electron chi connectivity index (χ0n) is 8.83. The van der Waals surface area contributed by atoms with Crippen LogP contribution in [-0.2, 0) is 4.74 Å². The van der Waals surface area contributed by atoms with Gasteiger partial charge in [-0.05, 0) is 12.1 Å². The molecule has 5 heteroatoms. The summed E-state index contributed by atoms with van der Waals surface area (Å²) in [6.45, 7) is 3.34. The van der Waals surface area contributed by atoms with Gasteiger partial charge in [-0.15, -0.1) is 5.10 Å². The zero-order chi connectivity index (χ0) is 11.0. The molecule has 0 saturated carbocycles. The Morgan fingerprint density at radius 1 is 1.25 bits per heavy atom. The van der Waals surface area contributed by atoms with Gasteiger partial charge in [-0.2, -0.15) is 0 Å². The first kappa shape index (κ1) is 9.47. The Balaban J connectivity index is 1.97. The van der Waals surface area contributed by atoms with Crippen molar-refractivity contribution < 1.29 is 9.84 Å². The minimum Gasteiger partial charge on any atom is -0.492 e. The maximum absolute atomic E-state index is 9.29. The van der Waals surface area contributed by atoms with Crippen molar-refractivity contribution in [2.45, 2.75) is 0 Å². The monoisotopic (exact) mass is 219 g/mol. The number of hydrogen-bond donors (Lipinski definition) is 1. The number of aromatic nitrogens is 2. The average Bonchev–Trinajstić information content (AvgIpc) is 2.69. The van der Waals surface area contributed by atoms with Gasteiger partial charge in [0.25, 0.3) is 0 Å². The fourth-order valence-electron chi connectivity index (χ4n) is 1.97. The number of hydrogen-bond acceptors (Lipinski definition) is 4. The second-order valence-corrected chi connectivity index (χ2v) is 3.86. The molecule has 1 saturated heterocycles. The van der Waals surface area contributed by atoms with E-state index in [2.05, 4.69) is 10.00 Å². The number of rotatable bonds is 1. The molecule has 3 rings (SSSR count). The summed E-state index contributed by atoms with van der Waals surface area (Å²) in [6, 6.07) is 5.64. The number of nitrogens with zero attached hydrogens (tertiary/aromatic N) is 3. The molecule has 0 bridgehead atoms. The number of aromatic hydroxyl groups is 1. The number of anilines is 1. The predicted molar refractivity (Wildman–Crippen MR) is 59.9 cm³/mol. The van der Waals surface area contributed by atoms with E-state index in [1.54, 1.807) is 10.6 Å². The van der Waals surface area contributed by atoms with Crippen LogP contribution in [0.3, 0.4) is 0 Å². The highest BCUT2D eigenvalue weighted by atomic mass is 16.5. The Hall–Kier alpha value is -1.75. The number of fused-ring (bicyclic) bond motifs is 1. The van der Waals surface area contributed by atoms with Crippen LogP contribution in [0.25, 0.3) is 5.52 Å². The molecule has 0 spiro atoms. The predicted octanol–water partition coefficient (Wildman–Crippen LogP) is 0.876. The topological polar surface area (TPSA) is 50.0 Å². The van der Waals surface area contributed by atoms with Crippen molar-refractivity contribution in [3.05, 3.63) is 24.4 Å². The number of ether oxygens (including phenoxy) is 1. The van der Waals surface area contributed by atoms with E-state index in [0.717, 1.165) is 37.5 Å². The first-order valence-electron chi connectivity index (χ1n) is 5.34. The highest BCUT2D eigenvalue weighted by molar-refractivity contribution is 5.56. The van der Waals surface area contributed by atoms with Crippen LogP contribution in [0.1, 0.15) is 0 Å². The molecule has 0 unspecified atom stereocenters. The molecule has 0 amide bonds. The third kappa shape index (κ3) is 1.59. The van der Waals surface area contributed by atoms with E-state index >= 15 is 0 Å². The molecule has 3 heterocycles. The molecule has 1 aliphatic rings. The normalized spacial score (nSPS) is 16.9. The third-order valence-corrected chi connectivity index (χ3v) is 2.81. The molecular weight excluding hydrogens is 206 g/mol. The smallest absolute Gasteiger partial charge is 0.231 e. The molecule has 1 aliphatic heterocycles. The molecule has 0 aromatic carbocycles. The van der Waals surface area contributed by atoms with Crippen LogP contribution in [0.5, 0.6) is 5.88 Å². The van der Waals surface area contributed by atoms with Crippen LogP contribution in [0.2, 0.25) is 0 Å². The summed E-state index contributed by atoms with van der Waals surface area (Å²) >= 11 is 0. The van der Waals surface area contributed by atoms with E-state index in [0.29, 0.717) is 0 Å². The van der Waals surface area contributed by atoms with Gasteiger partial charge in [-0.3, -0.25) is 0 Å². The van der Waals surface area contributed by atoms with Crippen molar-refractivity contribution in [1.82, 2.24) is 9.61 Å². The SMILES string of the molecule is Oc1cc2ccc(N3CCOCC3)cn2n1. The third-order valence-electron chi connectivity index (χ3n) is 2.81. The second kappa shape index (κ2) is 3.68. The summed E-state index contributed by atoms with van der Waals surface area (Å²) in [5.74, 6) is 0.0547. The van der Waals surface area contributed by atoms with Gasteiger partial charge in [0.1, 0.15) is 0 Å². The van der Waals surface area contributed by atoms with Gasteiger partial charge in [0.05, 0.1) is 30.6 Å². The van der Waals surface area contributed by atoms with Crippen molar-refractivity contribution in [3.63, 3.8) is 0 Å². The summed E-state index contributed by atoms with van der Waals surface area (Å²) in [4.78, 5) is 2.25. The highest BCUT2D eigenvalue weighted by Crippen LogP contribution is 2.19. The van der Waals surface area contributed by atoms with E-state index in [4.69, 9.17) is 4.74 Å². The Kier molecular flexibility index (Phi) is 2.18. The maximum atomic E-state index is 9.29. The first-order chi connectivity index (χ1) is 7.83. The molecule has 84 valence electrons. The lowest BCUT2D eigenvalue weighted by molar-refractivity contribution is 0.122. The van der Waals surface area contributed by atoms with Gasteiger partial charge >= 0.3 is 0 Å². The van der Waals surface area contributed by atoms with Crippen molar-refractivity contribution in [2.75, 3.05) is 31.2 Å². The van der Waals surface area contributed by atoms with Crippen molar-refractivity contribution >= 4 is 11.2 Å². The Bertz CT molecular complexity index is 503. The highest BCUT2D eigenvalue weighted by Gasteiger charge is 2.11. The van der Waals surface area contributed by atoms with Crippen LogP contribution >= 0.6 is 0 Å². The molecule has 0 radical (unpaired) electrons. The summed E-state index contributed by atoms with van der Waals surface area (Å²) in [7, 11) is 0. The summed E-state index contributed by atoms with van der Waals surface area (Å²) in [6.07, 6.45) is 1.93. The van der Waals surface area contributed by atoms with Gasteiger partial charge in [0, 0.05) is 19.2 Å². The minimum atomic E-state index is 0.0547. The van der Waals surface area contributed by atoms with Crippen molar-refractivity contribution in [1.29, 1.82) is 0 Å². The van der Waals surface area contributed by atoms with Crippen LogP contribution < -0.4 is 4.90 Å². The van der Waals surface area contributed by atoms with E-state index in [1.807, 2.05) is 18.3 Å². The Morgan fingerprint density at radius 2 is 2.06 bits per heavy atom. The molecule has 1 N–H and O–H groups in total. The van der Waals surface area contributed by atoms with Gasteiger partial charge in [-0.1, -0.05) is 0 Å². The number of morpholine rings is 1. The minimum absolute atomic E-state index is 0.0547. The molecule has 0 atom stereocenters. The average molecular weight is 219 g/mol. The fourth-order valence-corrected chi connectivity index (χ4v) is 1.97. The molecule has 2 aromatic rings. The van der Waals surface area contributed by atoms with E-state index < -0.39 is 0 Å². The molecule has 2 aromatic heterocycles. The molecule has 0 aliphatic carbocycles. The van der Waals surface area contributed by atoms with E-state index in [-0.39, 0.29) is 5.88 Å². The van der Waals surface area contributed by atoms with Crippen LogP contribution in [0.4, 0.5) is 5.69 Å². The Labute approximate surface area is 92.9 Å². The van der Waals surface area contributed by atoms with Gasteiger partial charge in [-0.25, -0.2) is 4.52 Å². The van der Waals surface area contributed by atoms with Crippen molar-refractivity contribution in [2.24, 2.45) is 0 Å². The molecular formula is C11H13N3O2. The maximum Gasteiger partial charge on any atom is 0.231 e. The lowest BCUT2D eigenvalue weighted by atomic mass is 10.3.